The van der Waals surface area contributed by atoms with Crippen LogP contribution >= 0.6 is 0 Å². The smallest absolute Gasteiger partial charge is 0.252 e. The Kier molecular flexibility index (Phi) is 14.5. The molecule has 0 saturated heterocycles. The monoisotopic (exact) mass is 1440 g/mol. The van der Waals surface area contributed by atoms with Gasteiger partial charge in [-0.15, -0.1) is 0 Å². The predicted octanol–water partition coefficient (Wildman–Crippen LogP) is 23.2. The number of hydrogen-bond donors (Lipinski definition) is 0. The lowest BCUT2D eigenvalue weighted by molar-refractivity contribution is 0.590. The van der Waals surface area contributed by atoms with E-state index in [-0.39, 0.29) is 33.9 Å². The maximum Gasteiger partial charge on any atom is 0.252 e. The van der Waals surface area contributed by atoms with E-state index < -0.39 is 56.5 Å². The highest BCUT2D eigenvalue weighted by Crippen LogP contribution is 2.56. The van der Waals surface area contributed by atoms with Crippen molar-refractivity contribution in [1.82, 2.24) is 4.57 Å². The molecule has 3 nitrogen and oxygen atoms in total. The Labute approximate surface area is 662 Å². The summed E-state index contributed by atoms with van der Waals surface area (Å²) in [6.07, 6.45) is 0. The molecule has 2 aliphatic rings. The second kappa shape index (κ2) is 27.6. The molecule has 1 aromatic heterocycles. The van der Waals surface area contributed by atoms with Gasteiger partial charge in [0.25, 0.3) is 6.71 Å². The molecule has 3 heterocycles. The van der Waals surface area contributed by atoms with Gasteiger partial charge in [0.1, 0.15) is 0 Å². The number of benzene rings is 17. The van der Waals surface area contributed by atoms with E-state index in [1.807, 2.05) is 12.1 Å². The Bertz CT molecular complexity index is 6730. The van der Waals surface area contributed by atoms with Crippen molar-refractivity contribution in [2.45, 2.75) is 26.2 Å². The summed E-state index contributed by atoms with van der Waals surface area (Å²) in [5.74, 6) is 0. The third-order valence-electron chi connectivity index (χ3n) is 22.7. The van der Waals surface area contributed by atoms with E-state index in [0.717, 1.165) is 134 Å². The summed E-state index contributed by atoms with van der Waals surface area (Å²) in [6, 6.07) is 131. The van der Waals surface area contributed by atoms with Gasteiger partial charge in [-0.3, -0.25) is 0 Å². The van der Waals surface area contributed by atoms with Crippen LogP contribution in [-0.2, 0) is 5.41 Å². The van der Waals surface area contributed by atoms with Crippen LogP contribution in [0.15, 0.2) is 418 Å². The lowest BCUT2D eigenvalue weighted by atomic mass is 9.33. The molecule has 2 aliphatic heterocycles. The van der Waals surface area contributed by atoms with Crippen LogP contribution in [0.25, 0.3) is 105 Å². The van der Waals surface area contributed by atoms with Crippen molar-refractivity contribution in [3.63, 3.8) is 0 Å². The Hall–Kier alpha value is -13.6. The summed E-state index contributed by atoms with van der Waals surface area (Å²) in [5.41, 5.74) is 23.6. The third kappa shape index (κ3) is 11.4. The molecule has 17 aromatic carbocycles. The third-order valence-corrected chi connectivity index (χ3v) is 27.5. The number of anilines is 6. The van der Waals surface area contributed by atoms with Crippen LogP contribution < -0.4 is 46.9 Å². The Morgan fingerprint density at radius 3 is 0.973 bits per heavy atom. The van der Waals surface area contributed by atoms with E-state index >= 15 is 0 Å². The standard InChI is InChI=1S/C106H78BN3Si/c1-106(2,3)83-70-101-103-102(71-83)110(105-93(78-43-21-8-22-44-78)67-82(74-37-15-5-16-38-74)68-94(105)79-45-23-9-24-46-79)100-72-84(108-97-55-33-31-53-89(97)90-54-32-34-56-98(90)108)60-64-96(100)107(103)95-63-59-80(75-57-61-88(62-58-75)111(85-47-25-10-26-48-85,86-49-27-11-28-50-86)87-51-29-12-30-52-87)69-99(95)109(101)104-91(76-39-17-6-18-40-76)65-81(73-35-13-4-14-36-73)66-92(104)77-41-19-7-20-42-77/h4-72H,1-3H3/i31D,32D,33D,34D,53D,54D,55D,56D. The number of nitrogens with zero attached hydrogens (tertiary/aromatic N) is 3. The first kappa shape index (κ1) is 58.5. The maximum atomic E-state index is 9.92. The first-order valence-corrected chi connectivity index (χ1v) is 40.1. The molecule has 5 heteroatoms. The van der Waals surface area contributed by atoms with Gasteiger partial charge in [0.05, 0.1) is 33.4 Å². The van der Waals surface area contributed by atoms with E-state index in [4.69, 9.17) is 2.74 Å². The van der Waals surface area contributed by atoms with Crippen LogP contribution in [-0.4, -0.2) is 19.4 Å². The zero-order valence-corrected chi connectivity index (χ0v) is 62.6. The number of rotatable bonds is 14. The fraction of sp³-hybridized carbons (Fsp3) is 0.0377. The summed E-state index contributed by atoms with van der Waals surface area (Å²) in [4.78, 5) is 5.05. The van der Waals surface area contributed by atoms with E-state index in [0.29, 0.717) is 5.69 Å². The second-order valence-electron chi connectivity index (χ2n) is 30.0. The van der Waals surface area contributed by atoms with Gasteiger partial charge < -0.3 is 14.4 Å². The van der Waals surface area contributed by atoms with Crippen molar-refractivity contribution < 1.29 is 11.0 Å². The lowest BCUT2D eigenvalue weighted by Gasteiger charge is -2.46. The number of fused-ring (bicyclic) bond motifs is 7. The molecule has 20 rings (SSSR count). The second-order valence-corrected chi connectivity index (χ2v) is 33.9. The molecule has 18 aromatic rings. The molecule has 0 atom stereocenters. The van der Waals surface area contributed by atoms with Crippen LogP contribution in [0.5, 0.6) is 0 Å². The van der Waals surface area contributed by atoms with E-state index in [1.165, 1.54) is 20.7 Å². The van der Waals surface area contributed by atoms with Gasteiger partial charge in [-0.2, -0.15) is 0 Å². The fourth-order valence-corrected chi connectivity index (χ4v) is 22.3. The lowest BCUT2D eigenvalue weighted by Crippen LogP contribution is -2.74. The van der Waals surface area contributed by atoms with Crippen molar-refractivity contribution in [2.24, 2.45) is 0 Å². The van der Waals surface area contributed by atoms with Gasteiger partial charge >= 0.3 is 0 Å². The van der Waals surface area contributed by atoms with Crippen LogP contribution in [0.2, 0.25) is 0 Å². The minimum absolute atomic E-state index is 0.00452. The summed E-state index contributed by atoms with van der Waals surface area (Å²) in [7, 11) is -2.96. The van der Waals surface area contributed by atoms with Crippen LogP contribution in [0, 0.1) is 0 Å². The average Bonchev–Trinajstić information content (AvgIpc) is 1.62. The highest BCUT2D eigenvalue weighted by Gasteiger charge is 2.47. The molecular formula is C106H78BN3Si. The molecule has 524 valence electrons. The van der Waals surface area contributed by atoms with Gasteiger partial charge in [-0.05, 0) is 170 Å². The van der Waals surface area contributed by atoms with E-state index in [2.05, 4.69) is 388 Å². The first-order valence-electron chi connectivity index (χ1n) is 42.1. The molecule has 0 fully saturated rings. The molecule has 0 bridgehead atoms. The topological polar surface area (TPSA) is 11.4 Å². The highest BCUT2D eigenvalue weighted by molar-refractivity contribution is 7.20. The first-order chi connectivity index (χ1) is 58.0. The Balaban J connectivity index is 0.944. The predicted molar refractivity (Wildman–Crippen MR) is 475 cm³/mol. The summed E-state index contributed by atoms with van der Waals surface area (Å²) in [5, 5.41) is 5.12. The molecule has 0 spiro atoms. The molecule has 0 radical (unpaired) electrons. The molecule has 0 N–H and O–H groups in total. The minimum atomic E-state index is -2.96. The molecule has 0 amide bonds. The summed E-state index contributed by atoms with van der Waals surface area (Å²) < 4.78 is 77.7. The zero-order valence-electron chi connectivity index (χ0n) is 69.6. The van der Waals surface area contributed by atoms with E-state index in [1.54, 1.807) is 4.57 Å². The van der Waals surface area contributed by atoms with Gasteiger partial charge in [-0.1, -0.05) is 372 Å². The van der Waals surface area contributed by atoms with Gasteiger partial charge in [-0.25, -0.2) is 0 Å². The van der Waals surface area contributed by atoms with Gasteiger partial charge in [0.2, 0.25) is 0 Å². The summed E-state index contributed by atoms with van der Waals surface area (Å²) in [6.45, 7) is 6.34. The normalized spacial score (nSPS) is 13.4. The minimum Gasteiger partial charge on any atom is -0.310 e. The van der Waals surface area contributed by atoms with Crippen LogP contribution in [0.1, 0.15) is 37.3 Å². The van der Waals surface area contributed by atoms with E-state index in [9.17, 15) is 8.22 Å². The quantitative estimate of drug-likeness (QED) is 0.0794. The number of hydrogen-bond acceptors (Lipinski definition) is 2. The molecule has 0 aliphatic carbocycles. The van der Waals surface area contributed by atoms with Crippen molar-refractivity contribution in [3.05, 3.63) is 424 Å². The number of aromatic nitrogens is 1. The van der Waals surface area contributed by atoms with Gasteiger partial charge in [0.15, 0.2) is 8.07 Å². The van der Waals surface area contributed by atoms with Crippen molar-refractivity contribution in [2.75, 3.05) is 9.80 Å². The average molecular weight is 1440 g/mol. The van der Waals surface area contributed by atoms with Crippen molar-refractivity contribution in [1.29, 1.82) is 0 Å². The van der Waals surface area contributed by atoms with Gasteiger partial charge in [0, 0.05) is 61.5 Å². The SMILES string of the molecule is [2H]c1c([2H])c([2H])c2c(c1[2H])c1c([2H])c([2H])c([2H])c([2H])c1n2-c1ccc2c(c1)N(c1c(-c3ccccc3)cc(-c3ccccc3)cc1-c1ccccc1)c1cc(C(C)(C)C)cc3c1B2c1ccc(-c2ccc([Si](c4ccccc4)(c4ccccc4)c4ccccc4)cc2)cc1N3c1c(-c2ccccc2)cc(-c2ccccc2)cc1-c1ccccc1. The molecule has 0 unspecified atom stereocenters. The van der Waals surface area contributed by atoms with Crippen LogP contribution in [0.3, 0.4) is 0 Å². The van der Waals surface area contributed by atoms with Crippen molar-refractivity contribution in [3.8, 4) is 83.6 Å². The van der Waals surface area contributed by atoms with Crippen molar-refractivity contribution >= 4 is 108 Å². The largest absolute Gasteiger partial charge is 0.310 e. The summed E-state index contributed by atoms with van der Waals surface area (Å²) >= 11 is 0. The molecular weight excluding hydrogens is 1350 g/mol. The molecule has 111 heavy (non-hydrogen) atoms. The fourth-order valence-electron chi connectivity index (χ4n) is 17.6. The Morgan fingerprint density at radius 1 is 0.279 bits per heavy atom. The number of para-hydroxylation sites is 2. The Morgan fingerprint density at radius 2 is 0.595 bits per heavy atom. The zero-order chi connectivity index (χ0) is 81.1. The van der Waals surface area contributed by atoms with Crippen LogP contribution in [0.4, 0.5) is 34.1 Å². The maximum absolute atomic E-state index is 9.92. The molecule has 0 saturated carbocycles. The highest BCUT2D eigenvalue weighted by atomic mass is 28.3.